The average Bonchev–Trinajstić information content (AvgIpc) is 2.30. The third-order valence-electron chi connectivity index (χ3n) is 3.53. The molecule has 1 rings (SSSR count). The van der Waals surface area contributed by atoms with Crippen LogP contribution in [0.4, 0.5) is 0 Å². The van der Waals surface area contributed by atoms with Crippen molar-refractivity contribution < 1.29 is 19.3 Å². The number of aliphatic hydroxyl groups excluding tert-OH is 1. The van der Waals surface area contributed by atoms with Crippen LogP contribution in [0.3, 0.4) is 0 Å². The van der Waals surface area contributed by atoms with E-state index in [0.717, 1.165) is 25.9 Å². The first kappa shape index (κ1) is 15.9. The van der Waals surface area contributed by atoms with Gasteiger partial charge < -0.3 is 19.3 Å². The summed E-state index contributed by atoms with van der Waals surface area (Å²) >= 11 is 0. The van der Waals surface area contributed by atoms with E-state index in [1.165, 1.54) is 0 Å². The topological polar surface area (TPSA) is 47.9 Å². The zero-order valence-corrected chi connectivity index (χ0v) is 11.9. The molecule has 0 radical (unpaired) electrons. The van der Waals surface area contributed by atoms with E-state index < -0.39 is 0 Å². The summed E-state index contributed by atoms with van der Waals surface area (Å²) < 4.78 is 16.1. The van der Waals surface area contributed by atoms with Crippen LogP contribution in [0, 0.1) is 11.8 Å². The molecular formula is C14H28O4. The van der Waals surface area contributed by atoms with Crippen LogP contribution >= 0.6 is 0 Å². The van der Waals surface area contributed by atoms with E-state index in [0.29, 0.717) is 31.7 Å². The summed E-state index contributed by atoms with van der Waals surface area (Å²) in [4.78, 5) is 0. The first-order valence-corrected chi connectivity index (χ1v) is 7.01. The Hall–Kier alpha value is -0.160. The quantitative estimate of drug-likeness (QED) is 0.677. The first-order chi connectivity index (χ1) is 8.65. The zero-order valence-electron chi connectivity index (χ0n) is 11.9. The van der Waals surface area contributed by atoms with Gasteiger partial charge in [0.15, 0.2) is 0 Å². The van der Waals surface area contributed by atoms with Crippen molar-refractivity contribution >= 4 is 0 Å². The van der Waals surface area contributed by atoms with Crippen LogP contribution in [0.5, 0.6) is 0 Å². The van der Waals surface area contributed by atoms with Gasteiger partial charge in [-0.15, -0.1) is 0 Å². The Kier molecular flexibility index (Phi) is 7.82. The number of methoxy groups -OCH3 is 1. The van der Waals surface area contributed by atoms with E-state index in [2.05, 4.69) is 13.8 Å². The fourth-order valence-electron chi connectivity index (χ4n) is 2.72. The smallest absolute Gasteiger partial charge is 0.0860 e. The van der Waals surface area contributed by atoms with E-state index in [9.17, 15) is 5.11 Å². The van der Waals surface area contributed by atoms with Gasteiger partial charge in [-0.3, -0.25) is 0 Å². The molecule has 0 aromatic carbocycles. The minimum atomic E-state index is -0.322. The lowest BCUT2D eigenvalue weighted by molar-refractivity contribution is -0.106. The van der Waals surface area contributed by atoms with Crippen molar-refractivity contribution in [3.63, 3.8) is 0 Å². The summed E-state index contributed by atoms with van der Waals surface area (Å²) in [5.41, 5.74) is 0. The van der Waals surface area contributed by atoms with E-state index in [-0.39, 0.29) is 12.2 Å². The maximum absolute atomic E-state index is 10.0. The SMILES string of the molecule is COCCCOCCOC1C(C)CC(C)CC1O. The van der Waals surface area contributed by atoms with Crippen LogP contribution in [0.15, 0.2) is 0 Å². The molecule has 0 bridgehead atoms. The number of ether oxygens (including phenoxy) is 3. The molecule has 0 aromatic heterocycles. The zero-order chi connectivity index (χ0) is 13.4. The Balaban J connectivity index is 2.07. The standard InChI is InChI=1S/C14H28O4/c1-11-9-12(2)14(13(15)10-11)18-8-7-17-6-4-5-16-3/h11-15H,4-10H2,1-3H3. The molecule has 4 atom stereocenters. The second-order valence-electron chi connectivity index (χ2n) is 5.42. The summed E-state index contributed by atoms with van der Waals surface area (Å²) in [6, 6.07) is 0. The highest BCUT2D eigenvalue weighted by atomic mass is 16.5. The van der Waals surface area contributed by atoms with Crippen LogP contribution in [-0.4, -0.2) is 50.9 Å². The molecule has 4 nitrogen and oxygen atoms in total. The Bertz CT molecular complexity index is 198. The Morgan fingerprint density at radius 3 is 2.50 bits per heavy atom. The minimum absolute atomic E-state index is 0.0243. The van der Waals surface area contributed by atoms with Gasteiger partial charge in [0, 0.05) is 20.3 Å². The molecular weight excluding hydrogens is 232 g/mol. The second kappa shape index (κ2) is 8.86. The minimum Gasteiger partial charge on any atom is -0.390 e. The van der Waals surface area contributed by atoms with Gasteiger partial charge in [0.2, 0.25) is 0 Å². The molecule has 0 aromatic rings. The molecule has 1 fully saturated rings. The Labute approximate surface area is 111 Å². The van der Waals surface area contributed by atoms with Crippen LogP contribution in [0.25, 0.3) is 0 Å². The molecule has 1 N–H and O–H groups in total. The first-order valence-electron chi connectivity index (χ1n) is 7.01. The van der Waals surface area contributed by atoms with E-state index in [4.69, 9.17) is 14.2 Å². The van der Waals surface area contributed by atoms with Gasteiger partial charge >= 0.3 is 0 Å². The van der Waals surface area contributed by atoms with Gasteiger partial charge in [0.1, 0.15) is 0 Å². The molecule has 0 aliphatic heterocycles. The van der Waals surface area contributed by atoms with Crippen LogP contribution in [0.1, 0.15) is 33.1 Å². The maximum Gasteiger partial charge on any atom is 0.0860 e. The molecule has 0 spiro atoms. The molecule has 1 saturated carbocycles. The fourth-order valence-corrected chi connectivity index (χ4v) is 2.72. The number of hydrogen-bond acceptors (Lipinski definition) is 4. The van der Waals surface area contributed by atoms with Crippen molar-refractivity contribution in [1.82, 2.24) is 0 Å². The number of rotatable bonds is 8. The predicted molar refractivity (Wildman–Crippen MR) is 70.6 cm³/mol. The second-order valence-corrected chi connectivity index (χ2v) is 5.42. The predicted octanol–water partition coefficient (Wildman–Crippen LogP) is 1.85. The molecule has 1 aliphatic rings. The molecule has 1 aliphatic carbocycles. The van der Waals surface area contributed by atoms with E-state index in [1.807, 2.05) is 0 Å². The summed E-state index contributed by atoms with van der Waals surface area (Å²) in [6.07, 6.45) is 2.55. The summed E-state index contributed by atoms with van der Waals surface area (Å²) in [5, 5.41) is 10.0. The van der Waals surface area contributed by atoms with Crippen molar-refractivity contribution in [2.75, 3.05) is 33.5 Å². The third kappa shape index (κ3) is 5.65. The van der Waals surface area contributed by atoms with Crippen molar-refractivity contribution in [3.05, 3.63) is 0 Å². The van der Waals surface area contributed by atoms with Crippen LogP contribution in [-0.2, 0) is 14.2 Å². The molecule has 4 unspecified atom stereocenters. The number of aliphatic hydroxyl groups is 1. The van der Waals surface area contributed by atoms with Crippen LogP contribution in [0.2, 0.25) is 0 Å². The lowest BCUT2D eigenvalue weighted by Gasteiger charge is -2.36. The van der Waals surface area contributed by atoms with Gasteiger partial charge in [0.25, 0.3) is 0 Å². The van der Waals surface area contributed by atoms with E-state index >= 15 is 0 Å². The van der Waals surface area contributed by atoms with Crippen LogP contribution < -0.4 is 0 Å². The molecule has 0 amide bonds. The van der Waals surface area contributed by atoms with Gasteiger partial charge in [-0.1, -0.05) is 13.8 Å². The summed E-state index contributed by atoms with van der Waals surface area (Å²) in [7, 11) is 1.69. The highest BCUT2D eigenvalue weighted by molar-refractivity contribution is 4.83. The molecule has 0 heterocycles. The molecule has 108 valence electrons. The average molecular weight is 260 g/mol. The highest BCUT2D eigenvalue weighted by Gasteiger charge is 2.33. The molecule has 0 saturated heterocycles. The Morgan fingerprint density at radius 1 is 1.06 bits per heavy atom. The molecule has 4 heteroatoms. The third-order valence-corrected chi connectivity index (χ3v) is 3.53. The largest absolute Gasteiger partial charge is 0.390 e. The lowest BCUT2D eigenvalue weighted by Crippen LogP contribution is -2.41. The normalized spacial score (nSPS) is 32.7. The van der Waals surface area contributed by atoms with Crippen molar-refractivity contribution in [1.29, 1.82) is 0 Å². The monoisotopic (exact) mass is 260 g/mol. The maximum atomic E-state index is 10.0. The summed E-state index contributed by atoms with van der Waals surface area (Å²) in [6.45, 7) is 6.94. The Morgan fingerprint density at radius 2 is 1.83 bits per heavy atom. The number of hydrogen-bond donors (Lipinski definition) is 1. The van der Waals surface area contributed by atoms with E-state index in [1.54, 1.807) is 7.11 Å². The summed E-state index contributed by atoms with van der Waals surface area (Å²) in [5.74, 6) is 1.03. The van der Waals surface area contributed by atoms with Crippen molar-refractivity contribution in [3.8, 4) is 0 Å². The van der Waals surface area contributed by atoms with Gasteiger partial charge in [-0.25, -0.2) is 0 Å². The molecule has 18 heavy (non-hydrogen) atoms. The fraction of sp³-hybridized carbons (Fsp3) is 1.00. The lowest BCUT2D eigenvalue weighted by atomic mass is 9.79. The van der Waals surface area contributed by atoms with Crippen molar-refractivity contribution in [2.45, 2.75) is 45.3 Å². The van der Waals surface area contributed by atoms with Gasteiger partial charge in [0.05, 0.1) is 25.4 Å². The highest BCUT2D eigenvalue weighted by Crippen LogP contribution is 2.30. The van der Waals surface area contributed by atoms with Crippen molar-refractivity contribution in [2.24, 2.45) is 11.8 Å². The van der Waals surface area contributed by atoms with Gasteiger partial charge in [-0.2, -0.15) is 0 Å². The van der Waals surface area contributed by atoms with Gasteiger partial charge in [-0.05, 0) is 31.1 Å².